The second-order valence-corrected chi connectivity index (χ2v) is 6.87. The molecule has 0 aliphatic heterocycles. The van der Waals surface area contributed by atoms with Gasteiger partial charge in [0.15, 0.2) is 0 Å². The van der Waals surface area contributed by atoms with Crippen LogP contribution in [0.4, 0.5) is 0 Å². The zero-order chi connectivity index (χ0) is 15.8. The molecule has 23 heavy (non-hydrogen) atoms. The zero-order valence-electron chi connectivity index (χ0n) is 13.8. The van der Waals surface area contributed by atoms with Crippen molar-refractivity contribution in [3.63, 3.8) is 0 Å². The molecular weight excluding hydrogens is 276 g/mol. The normalized spacial score (nSPS) is 19.0. The summed E-state index contributed by atoms with van der Waals surface area (Å²) >= 11 is 0. The topological polar surface area (TPSA) is 0 Å². The van der Waals surface area contributed by atoms with Gasteiger partial charge in [0.05, 0.1) is 0 Å². The smallest absolute Gasteiger partial charge is 0.00502 e. The maximum atomic E-state index is 2.36. The third-order valence-electron chi connectivity index (χ3n) is 5.00. The van der Waals surface area contributed by atoms with Crippen LogP contribution in [0.3, 0.4) is 0 Å². The predicted molar refractivity (Wildman–Crippen MR) is 100 cm³/mol. The molecule has 0 saturated carbocycles. The van der Waals surface area contributed by atoms with Crippen molar-refractivity contribution in [2.45, 2.75) is 26.2 Å². The van der Waals surface area contributed by atoms with Crippen molar-refractivity contribution in [1.82, 2.24) is 0 Å². The summed E-state index contributed by atoms with van der Waals surface area (Å²) in [4.78, 5) is 0. The molecular formula is C23H22. The van der Waals surface area contributed by atoms with Gasteiger partial charge in [0.1, 0.15) is 0 Å². The van der Waals surface area contributed by atoms with Gasteiger partial charge in [-0.25, -0.2) is 0 Å². The lowest BCUT2D eigenvalue weighted by Crippen LogP contribution is -2.01. The molecule has 0 bridgehead atoms. The lowest BCUT2D eigenvalue weighted by Gasteiger charge is -2.15. The van der Waals surface area contributed by atoms with Crippen LogP contribution in [0.25, 0.3) is 17.2 Å². The maximum Gasteiger partial charge on any atom is 0.00502 e. The molecule has 0 fully saturated rings. The molecule has 0 N–H and O–H groups in total. The zero-order valence-corrected chi connectivity index (χ0v) is 13.8. The summed E-state index contributed by atoms with van der Waals surface area (Å²) in [6, 6.07) is 17.6. The van der Waals surface area contributed by atoms with Gasteiger partial charge >= 0.3 is 0 Å². The minimum atomic E-state index is 0.578. The summed E-state index contributed by atoms with van der Waals surface area (Å²) in [6.07, 6.45) is 10.4. The molecule has 2 aliphatic rings. The molecule has 0 spiro atoms. The van der Waals surface area contributed by atoms with Crippen molar-refractivity contribution in [1.29, 1.82) is 0 Å². The van der Waals surface area contributed by atoms with E-state index in [4.69, 9.17) is 0 Å². The maximum absolute atomic E-state index is 2.36. The quantitative estimate of drug-likeness (QED) is 0.621. The van der Waals surface area contributed by atoms with Gasteiger partial charge in [-0.15, -0.1) is 0 Å². The minimum absolute atomic E-state index is 0.578. The summed E-state index contributed by atoms with van der Waals surface area (Å²) in [5, 5.41) is 0. The van der Waals surface area contributed by atoms with Crippen molar-refractivity contribution in [3.8, 4) is 0 Å². The summed E-state index contributed by atoms with van der Waals surface area (Å²) < 4.78 is 0. The van der Waals surface area contributed by atoms with Gasteiger partial charge in [0.2, 0.25) is 0 Å². The Morgan fingerprint density at radius 1 is 0.957 bits per heavy atom. The fourth-order valence-corrected chi connectivity index (χ4v) is 3.67. The van der Waals surface area contributed by atoms with Crippen LogP contribution in [0.1, 0.15) is 48.4 Å². The van der Waals surface area contributed by atoms with E-state index in [2.05, 4.69) is 86.7 Å². The van der Waals surface area contributed by atoms with Gasteiger partial charge in [-0.05, 0) is 51.8 Å². The Kier molecular flexibility index (Phi) is 3.53. The average Bonchev–Trinajstić information content (AvgIpc) is 3.22. The van der Waals surface area contributed by atoms with E-state index in [1.807, 2.05) is 0 Å². The highest BCUT2D eigenvalue weighted by molar-refractivity contribution is 5.89. The summed E-state index contributed by atoms with van der Waals surface area (Å²) in [5.41, 5.74) is 8.32. The van der Waals surface area contributed by atoms with E-state index in [9.17, 15) is 0 Å². The molecule has 2 aliphatic carbocycles. The molecule has 0 saturated heterocycles. The van der Waals surface area contributed by atoms with Crippen LogP contribution in [0.5, 0.6) is 0 Å². The highest BCUT2D eigenvalue weighted by Crippen LogP contribution is 2.38. The Morgan fingerprint density at radius 3 is 2.57 bits per heavy atom. The van der Waals surface area contributed by atoms with Crippen LogP contribution >= 0.6 is 0 Å². The van der Waals surface area contributed by atoms with Gasteiger partial charge in [-0.3, -0.25) is 0 Å². The first-order valence-electron chi connectivity index (χ1n) is 8.51. The van der Waals surface area contributed by atoms with Gasteiger partial charge < -0.3 is 0 Å². The number of benzene rings is 2. The van der Waals surface area contributed by atoms with Crippen LogP contribution in [-0.2, 0) is 0 Å². The Morgan fingerprint density at radius 2 is 1.78 bits per heavy atom. The van der Waals surface area contributed by atoms with Gasteiger partial charge in [-0.1, -0.05) is 80.6 Å². The van der Waals surface area contributed by atoms with E-state index < -0.39 is 0 Å². The first kappa shape index (κ1) is 14.3. The van der Waals surface area contributed by atoms with E-state index in [1.165, 1.54) is 33.4 Å². The monoisotopic (exact) mass is 298 g/mol. The Labute approximate surface area is 138 Å². The molecule has 0 amide bonds. The Balaban J connectivity index is 1.63. The summed E-state index contributed by atoms with van der Waals surface area (Å²) in [5.74, 6) is 1.24. The molecule has 1 unspecified atom stereocenters. The second kappa shape index (κ2) is 5.70. The van der Waals surface area contributed by atoms with Crippen molar-refractivity contribution >= 4 is 17.2 Å². The van der Waals surface area contributed by atoms with Crippen LogP contribution in [0, 0.1) is 5.92 Å². The number of fused-ring (bicyclic) bond motifs is 1. The Hall–Kier alpha value is -2.34. The van der Waals surface area contributed by atoms with Crippen molar-refractivity contribution in [3.05, 3.63) is 89.0 Å². The molecule has 1 atom stereocenters. The fraction of sp³-hybridized carbons (Fsp3) is 0.217. The first-order chi connectivity index (χ1) is 11.2. The lowest BCUT2D eigenvalue weighted by molar-refractivity contribution is 0.584. The third kappa shape index (κ3) is 2.59. The minimum Gasteiger partial charge on any atom is -0.0761 e. The average molecular weight is 298 g/mol. The molecule has 0 nitrogen and oxygen atoms in total. The van der Waals surface area contributed by atoms with Gasteiger partial charge in [0.25, 0.3) is 0 Å². The first-order valence-corrected chi connectivity index (χ1v) is 8.51. The predicted octanol–water partition coefficient (Wildman–Crippen LogP) is 6.32. The van der Waals surface area contributed by atoms with E-state index in [0.717, 1.165) is 6.42 Å². The van der Waals surface area contributed by atoms with Gasteiger partial charge in [-0.2, -0.15) is 0 Å². The summed E-state index contributed by atoms with van der Waals surface area (Å²) in [6.45, 7) is 4.60. The largest absolute Gasteiger partial charge is 0.0761 e. The van der Waals surface area contributed by atoms with Crippen LogP contribution in [0.15, 0.2) is 66.8 Å². The number of hydrogen-bond acceptors (Lipinski definition) is 0. The van der Waals surface area contributed by atoms with E-state index in [0.29, 0.717) is 11.8 Å². The standard InChI is InChI=1S/C23H22/c1-16(2)22-12-11-21-15-20(10-13-23(21)22)19-9-8-18(14-19)17-6-4-3-5-7-17/h3-8,10-16,22H,9H2,1-2H3. The molecule has 2 aromatic rings. The number of allylic oxidation sites excluding steroid dienone is 5. The van der Waals surface area contributed by atoms with E-state index >= 15 is 0 Å². The van der Waals surface area contributed by atoms with Crippen LogP contribution < -0.4 is 0 Å². The van der Waals surface area contributed by atoms with E-state index in [1.54, 1.807) is 0 Å². The van der Waals surface area contributed by atoms with Crippen LogP contribution in [0.2, 0.25) is 0 Å². The molecule has 4 rings (SSSR count). The van der Waals surface area contributed by atoms with E-state index in [-0.39, 0.29) is 0 Å². The highest BCUT2D eigenvalue weighted by Gasteiger charge is 2.21. The highest BCUT2D eigenvalue weighted by atomic mass is 14.3. The van der Waals surface area contributed by atoms with Crippen LogP contribution in [-0.4, -0.2) is 0 Å². The lowest BCUT2D eigenvalue weighted by atomic mass is 9.89. The molecule has 0 radical (unpaired) electrons. The molecule has 114 valence electrons. The second-order valence-electron chi connectivity index (χ2n) is 6.87. The van der Waals surface area contributed by atoms with Gasteiger partial charge in [0, 0.05) is 5.92 Å². The van der Waals surface area contributed by atoms with Crippen molar-refractivity contribution < 1.29 is 0 Å². The fourth-order valence-electron chi connectivity index (χ4n) is 3.67. The summed E-state index contributed by atoms with van der Waals surface area (Å²) in [7, 11) is 0. The SMILES string of the molecule is CC(C)C1C=Cc2cc(C3=CC(c4ccccc4)=CC3)ccc21. The Bertz CT molecular complexity index is 816. The number of hydrogen-bond donors (Lipinski definition) is 0. The molecule has 0 heterocycles. The number of rotatable bonds is 3. The third-order valence-corrected chi connectivity index (χ3v) is 5.00. The molecule has 0 heteroatoms. The molecule has 0 aromatic heterocycles. The van der Waals surface area contributed by atoms with Crippen molar-refractivity contribution in [2.24, 2.45) is 5.92 Å². The molecule has 2 aromatic carbocycles. The van der Waals surface area contributed by atoms with Crippen molar-refractivity contribution in [2.75, 3.05) is 0 Å².